The number of para-hydroxylation sites is 1. The standard InChI is InChI=1S/C22H18Cl2N4OS2/c23-16-9-8-15(18(24)13-16)10-11-25-20(29)14-31-22-27-26-21(19-7-4-12-30-19)28(22)17-5-2-1-3-6-17/h1-9,12-13H,10-11,14H2,(H,25,29). The van der Waals surface area contributed by atoms with E-state index in [4.69, 9.17) is 23.2 Å². The third kappa shape index (κ3) is 5.49. The molecule has 0 aliphatic heterocycles. The molecule has 9 heteroatoms. The third-order valence-corrected chi connectivity index (χ3v) is 6.83. The Bertz CT molecular complexity index is 1160. The second-order valence-electron chi connectivity index (χ2n) is 6.58. The summed E-state index contributed by atoms with van der Waals surface area (Å²) in [5.74, 6) is 0.931. The molecule has 0 saturated carbocycles. The Morgan fingerprint density at radius 1 is 1.06 bits per heavy atom. The molecule has 2 aromatic carbocycles. The van der Waals surface area contributed by atoms with Crippen molar-refractivity contribution in [3.63, 3.8) is 0 Å². The lowest BCUT2D eigenvalue weighted by Gasteiger charge is -2.10. The molecule has 158 valence electrons. The highest BCUT2D eigenvalue weighted by atomic mass is 35.5. The van der Waals surface area contributed by atoms with Gasteiger partial charge < -0.3 is 5.32 Å². The minimum Gasteiger partial charge on any atom is -0.355 e. The van der Waals surface area contributed by atoms with Gasteiger partial charge in [0.15, 0.2) is 11.0 Å². The zero-order valence-electron chi connectivity index (χ0n) is 16.3. The Labute approximate surface area is 198 Å². The molecule has 0 radical (unpaired) electrons. The SMILES string of the molecule is O=C(CSc1nnc(-c2cccs2)n1-c1ccccc1)NCCc1ccc(Cl)cc1Cl. The summed E-state index contributed by atoms with van der Waals surface area (Å²) in [5, 5.41) is 15.5. The molecular weight excluding hydrogens is 471 g/mol. The summed E-state index contributed by atoms with van der Waals surface area (Å²) in [6.45, 7) is 0.493. The van der Waals surface area contributed by atoms with Gasteiger partial charge in [0, 0.05) is 22.3 Å². The number of hydrogen-bond donors (Lipinski definition) is 1. The summed E-state index contributed by atoms with van der Waals surface area (Å²) in [4.78, 5) is 13.4. The Kier molecular flexibility index (Phi) is 7.29. The molecule has 1 amide bonds. The van der Waals surface area contributed by atoms with Crippen LogP contribution in [0, 0.1) is 0 Å². The van der Waals surface area contributed by atoms with Crippen LogP contribution in [-0.4, -0.2) is 33.0 Å². The number of carbonyl (C=O) groups is 1. The Morgan fingerprint density at radius 3 is 2.65 bits per heavy atom. The monoisotopic (exact) mass is 488 g/mol. The van der Waals surface area contributed by atoms with Gasteiger partial charge in [-0.3, -0.25) is 9.36 Å². The van der Waals surface area contributed by atoms with Gasteiger partial charge in [-0.05, 0) is 47.7 Å². The van der Waals surface area contributed by atoms with Crippen molar-refractivity contribution in [1.29, 1.82) is 0 Å². The zero-order chi connectivity index (χ0) is 21.6. The van der Waals surface area contributed by atoms with Crippen molar-refractivity contribution in [2.45, 2.75) is 11.6 Å². The second kappa shape index (κ2) is 10.3. The number of nitrogens with one attached hydrogen (secondary N) is 1. The lowest BCUT2D eigenvalue weighted by atomic mass is 10.1. The number of benzene rings is 2. The number of nitrogens with zero attached hydrogens (tertiary/aromatic N) is 3. The molecule has 0 atom stereocenters. The molecule has 2 heterocycles. The zero-order valence-corrected chi connectivity index (χ0v) is 19.4. The molecule has 0 fully saturated rings. The molecular formula is C22H18Cl2N4OS2. The fourth-order valence-corrected chi connectivity index (χ4v) is 4.96. The number of aromatic nitrogens is 3. The molecule has 0 saturated heterocycles. The van der Waals surface area contributed by atoms with E-state index in [9.17, 15) is 4.79 Å². The molecule has 0 bridgehead atoms. The van der Waals surface area contributed by atoms with Crippen LogP contribution in [0.15, 0.2) is 71.2 Å². The Balaban J connectivity index is 1.41. The minimum absolute atomic E-state index is 0.0737. The van der Waals surface area contributed by atoms with E-state index >= 15 is 0 Å². The van der Waals surface area contributed by atoms with Gasteiger partial charge in [0.1, 0.15) is 0 Å². The molecule has 1 N–H and O–H groups in total. The van der Waals surface area contributed by atoms with Crippen LogP contribution in [-0.2, 0) is 11.2 Å². The quantitative estimate of drug-likeness (QED) is 0.320. The highest BCUT2D eigenvalue weighted by Crippen LogP contribution is 2.30. The number of hydrogen-bond acceptors (Lipinski definition) is 5. The first kappa shape index (κ1) is 21.9. The van der Waals surface area contributed by atoms with E-state index < -0.39 is 0 Å². The summed E-state index contributed by atoms with van der Waals surface area (Å²) in [7, 11) is 0. The lowest BCUT2D eigenvalue weighted by molar-refractivity contribution is -0.118. The van der Waals surface area contributed by atoms with Crippen LogP contribution in [0.4, 0.5) is 0 Å². The van der Waals surface area contributed by atoms with E-state index in [1.807, 2.05) is 58.5 Å². The first-order valence-corrected chi connectivity index (χ1v) is 12.1. The normalized spacial score (nSPS) is 10.9. The Morgan fingerprint density at radius 2 is 1.90 bits per heavy atom. The molecule has 0 spiro atoms. The predicted octanol–water partition coefficient (Wildman–Crippen LogP) is 5.75. The van der Waals surface area contributed by atoms with Gasteiger partial charge in [0.25, 0.3) is 0 Å². The number of rotatable bonds is 8. The van der Waals surface area contributed by atoms with Crippen molar-refractivity contribution in [1.82, 2.24) is 20.1 Å². The van der Waals surface area contributed by atoms with Gasteiger partial charge in [-0.25, -0.2) is 0 Å². The van der Waals surface area contributed by atoms with Gasteiger partial charge in [0.2, 0.25) is 5.91 Å². The smallest absolute Gasteiger partial charge is 0.230 e. The molecule has 0 unspecified atom stereocenters. The maximum absolute atomic E-state index is 12.4. The van der Waals surface area contributed by atoms with Crippen molar-refractivity contribution in [2.75, 3.05) is 12.3 Å². The molecule has 2 aromatic heterocycles. The minimum atomic E-state index is -0.0737. The molecule has 4 aromatic rings. The van der Waals surface area contributed by atoms with E-state index in [0.717, 1.165) is 22.0 Å². The number of carbonyl (C=O) groups excluding carboxylic acids is 1. The van der Waals surface area contributed by atoms with E-state index in [1.54, 1.807) is 23.5 Å². The van der Waals surface area contributed by atoms with Crippen molar-refractivity contribution in [2.24, 2.45) is 0 Å². The Hall–Kier alpha value is -2.32. The fourth-order valence-electron chi connectivity index (χ4n) is 2.98. The van der Waals surface area contributed by atoms with Gasteiger partial charge >= 0.3 is 0 Å². The van der Waals surface area contributed by atoms with Crippen LogP contribution in [0.3, 0.4) is 0 Å². The van der Waals surface area contributed by atoms with Gasteiger partial charge in [-0.2, -0.15) is 0 Å². The van der Waals surface area contributed by atoms with Crippen molar-refractivity contribution in [3.8, 4) is 16.4 Å². The number of thioether (sulfide) groups is 1. The maximum atomic E-state index is 12.4. The lowest BCUT2D eigenvalue weighted by Crippen LogP contribution is -2.27. The van der Waals surface area contributed by atoms with Crippen LogP contribution in [0.5, 0.6) is 0 Å². The molecule has 4 rings (SSSR count). The van der Waals surface area contributed by atoms with Crippen LogP contribution in [0.1, 0.15) is 5.56 Å². The maximum Gasteiger partial charge on any atom is 0.230 e. The van der Waals surface area contributed by atoms with Crippen LogP contribution < -0.4 is 5.32 Å². The van der Waals surface area contributed by atoms with Gasteiger partial charge in [-0.15, -0.1) is 21.5 Å². The van der Waals surface area contributed by atoms with Gasteiger partial charge in [0.05, 0.1) is 10.6 Å². The fraction of sp³-hybridized carbons (Fsp3) is 0.136. The van der Waals surface area contributed by atoms with E-state index in [2.05, 4.69) is 15.5 Å². The molecule has 31 heavy (non-hydrogen) atoms. The van der Waals surface area contributed by atoms with Gasteiger partial charge in [-0.1, -0.05) is 65.3 Å². The summed E-state index contributed by atoms with van der Waals surface area (Å²) in [5.41, 5.74) is 1.90. The van der Waals surface area contributed by atoms with E-state index in [-0.39, 0.29) is 11.7 Å². The van der Waals surface area contributed by atoms with E-state index in [1.165, 1.54) is 11.8 Å². The van der Waals surface area contributed by atoms with E-state index in [0.29, 0.717) is 28.2 Å². The largest absolute Gasteiger partial charge is 0.355 e. The highest BCUT2D eigenvalue weighted by Gasteiger charge is 2.17. The number of thiophene rings is 1. The van der Waals surface area contributed by atoms with Crippen molar-refractivity contribution >= 4 is 52.2 Å². The molecule has 5 nitrogen and oxygen atoms in total. The first-order valence-electron chi connectivity index (χ1n) is 9.50. The summed E-state index contributed by atoms with van der Waals surface area (Å²) in [6, 6.07) is 19.3. The average Bonchev–Trinajstić information content (AvgIpc) is 3.44. The highest BCUT2D eigenvalue weighted by molar-refractivity contribution is 7.99. The topological polar surface area (TPSA) is 59.8 Å². The molecule has 0 aliphatic carbocycles. The van der Waals surface area contributed by atoms with Crippen LogP contribution >= 0.6 is 46.3 Å². The summed E-state index contributed by atoms with van der Waals surface area (Å²) >= 11 is 15.1. The second-order valence-corrected chi connectivity index (χ2v) is 9.31. The number of halogens is 2. The number of amides is 1. The summed E-state index contributed by atoms with van der Waals surface area (Å²) < 4.78 is 1.98. The van der Waals surface area contributed by atoms with Crippen molar-refractivity contribution < 1.29 is 4.79 Å². The van der Waals surface area contributed by atoms with Crippen molar-refractivity contribution in [3.05, 3.63) is 81.7 Å². The average molecular weight is 489 g/mol. The predicted molar refractivity (Wildman–Crippen MR) is 129 cm³/mol. The molecule has 0 aliphatic rings. The third-order valence-electron chi connectivity index (χ3n) is 4.45. The van der Waals surface area contributed by atoms with Crippen LogP contribution in [0.25, 0.3) is 16.4 Å². The first-order chi connectivity index (χ1) is 15.1. The van der Waals surface area contributed by atoms with Crippen LogP contribution in [0.2, 0.25) is 10.0 Å². The summed E-state index contributed by atoms with van der Waals surface area (Å²) in [6.07, 6.45) is 0.634.